The van der Waals surface area contributed by atoms with Crippen molar-refractivity contribution in [2.75, 3.05) is 23.5 Å². The fraction of sp³-hybridized carbons (Fsp3) is 0.364. The highest BCUT2D eigenvalue weighted by Crippen LogP contribution is 2.26. The van der Waals surface area contributed by atoms with Gasteiger partial charge in [-0.1, -0.05) is 0 Å². The first kappa shape index (κ1) is 12.9. The van der Waals surface area contributed by atoms with Crippen molar-refractivity contribution in [3.8, 4) is 0 Å². The SMILES string of the molecule is CSCCCS(=O)c1nc2ccc(N)cc2s1. The molecule has 92 valence electrons. The average Bonchev–Trinajstić information content (AvgIpc) is 2.72. The first-order valence-electron chi connectivity index (χ1n) is 5.24. The molecule has 1 aromatic carbocycles. The summed E-state index contributed by atoms with van der Waals surface area (Å²) in [5, 5.41) is 0. The van der Waals surface area contributed by atoms with Crippen LogP contribution < -0.4 is 5.73 Å². The Bertz CT molecular complexity index is 538. The van der Waals surface area contributed by atoms with Crippen molar-refractivity contribution in [3.63, 3.8) is 0 Å². The highest BCUT2D eigenvalue weighted by molar-refractivity contribution is 7.98. The predicted molar refractivity (Wildman–Crippen MR) is 78.3 cm³/mol. The van der Waals surface area contributed by atoms with Crippen LogP contribution >= 0.6 is 23.1 Å². The lowest BCUT2D eigenvalue weighted by Gasteiger charge is -1.96. The summed E-state index contributed by atoms with van der Waals surface area (Å²) in [6, 6.07) is 5.59. The lowest BCUT2D eigenvalue weighted by Crippen LogP contribution is -1.98. The van der Waals surface area contributed by atoms with Crippen LogP contribution in [0.2, 0.25) is 0 Å². The number of hydrogen-bond acceptors (Lipinski definition) is 5. The molecule has 0 aliphatic rings. The molecule has 0 spiro atoms. The van der Waals surface area contributed by atoms with Crippen molar-refractivity contribution in [2.45, 2.75) is 10.8 Å². The van der Waals surface area contributed by atoms with E-state index >= 15 is 0 Å². The molecule has 0 aliphatic carbocycles. The molecule has 0 fully saturated rings. The zero-order valence-electron chi connectivity index (χ0n) is 9.51. The molecule has 0 bridgehead atoms. The van der Waals surface area contributed by atoms with Crippen LogP contribution in [-0.4, -0.2) is 27.0 Å². The van der Waals surface area contributed by atoms with Gasteiger partial charge in [0.05, 0.1) is 21.0 Å². The van der Waals surface area contributed by atoms with Gasteiger partial charge in [0.15, 0.2) is 4.34 Å². The summed E-state index contributed by atoms with van der Waals surface area (Å²) < 4.78 is 13.7. The standard InChI is InChI=1S/C11H14N2OS3/c1-15-5-2-6-17(14)11-13-9-4-3-8(12)7-10(9)16-11/h3-4,7H,2,5-6,12H2,1H3. The Morgan fingerprint density at radius 1 is 1.53 bits per heavy atom. The van der Waals surface area contributed by atoms with E-state index in [1.54, 1.807) is 11.8 Å². The summed E-state index contributed by atoms with van der Waals surface area (Å²) in [4.78, 5) is 4.39. The van der Waals surface area contributed by atoms with Gasteiger partial charge in [0.2, 0.25) is 0 Å². The molecule has 0 aliphatic heterocycles. The van der Waals surface area contributed by atoms with Crippen molar-refractivity contribution in [1.82, 2.24) is 4.98 Å². The summed E-state index contributed by atoms with van der Waals surface area (Å²) >= 11 is 3.26. The molecule has 1 atom stereocenters. The first-order chi connectivity index (χ1) is 8.20. The maximum Gasteiger partial charge on any atom is 0.181 e. The van der Waals surface area contributed by atoms with Crippen molar-refractivity contribution in [1.29, 1.82) is 0 Å². The minimum absolute atomic E-state index is 0.691. The van der Waals surface area contributed by atoms with Crippen LogP contribution in [0.4, 0.5) is 5.69 Å². The average molecular weight is 286 g/mol. The molecule has 1 unspecified atom stereocenters. The smallest absolute Gasteiger partial charge is 0.181 e. The topological polar surface area (TPSA) is 56.0 Å². The van der Waals surface area contributed by atoms with E-state index in [1.165, 1.54) is 11.3 Å². The van der Waals surface area contributed by atoms with Gasteiger partial charge >= 0.3 is 0 Å². The molecular weight excluding hydrogens is 272 g/mol. The molecular formula is C11H14N2OS3. The molecule has 0 saturated carbocycles. The molecule has 1 heterocycles. The Labute approximate surface area is 111 Å². The molecule has 2 aromatic rings. The van der Waals surface area contributed by atoms with E-state index in [0.29, 0.717) is 10.1 Å². The number of benzene rings is 1. The third-order valence-electron chi connectivity index (χ3n) is 2.27. The van der Waals surface area contributed by atoms with Gasteiger partial charge in [0.1, 0.15) is 0 Å². The molecule has 0 amide bonds. The fourth-order valence-electron chi connectivity index (χ4n) is 1.44. The Morgan fingerprint density at radius 3 is 3.12 bits per heavy atom. The Hall–Kier alpha value is -0.590. The monoisotopic (exact) mass is 286 g/mol. The number of thiazole rings is 1. The van der Waals surface area contributed by atoms with Gasteiger partial charge < -0.3 is 5.73 Å². The van der Waals surface area contributed by atoms with Gasteiger partial charge in [-0.15, -0.1) is 11.3 Å². The molecule has 0 saturated heterocycles. The molecule has 3 nitrogen and oxygen atoms in total. The number of hydrogen-bond donors (Lipinski definition) is 1. The van der Waals surface area contributed by atoms with Crippen LogP contribution in [0.15, 0.2) is 22.5 Å². The molecule has 2 rings (SSSR count). The number of nitrogens with zero attached hydrogens (tertiary/aromatic N) is 1. The second-order valence-corrected chi connectivity index (χ2v) is 7.36. The van der Waals surface area contributed by atoms with Crippen LogP contribution in [0.1, 0.15) is 6.42 Å². The van der Waals surface area contributed by atoms with Crippen LogP contribution in [0, 0.1) is 0 Å². The Morgan fingerprint density at radius 2 is 2.35 bits per heavy atom. The zero-order chi connectivity index (χ0) is 12.3. The van der Waals surface area contributed by atoms with Gasteiger partial charge in [0.25, 0.3) is 0 Å². The van der Waals surface area contributed by atoms with E-state index in [0.717, 1.165) is 28.1 Å². The third kappa shape index (κ3) is 3.20. The number of nitrogen functional groups attached to an aromatic ring is 1. The maximum absolute atomic E-state index is 12.0. The van der Waals surface area contributed by atoms with E-state index in [1.807, 2.05) is 18.2 Å². The van der Waals surface area contributed by atoms with Crippen molar-refractivity contribution < 1.29 is 4.21 Å². The van der Waals surface area contributed by atoms with Gasteiger partial charge in [-0.05, 0) is 36.6 Å². The molecule has 1 aromatic heterocycles. The number of thioether (sulfide) groups is 1. The second kappa shape index (κ2) is 5.84. The lowest BCUT2D eigenvalue weighted by molar-refractivity contribution is 0.681. The van der Waals surface area contributed by atoms with Crippen molar-refractivity contribution in [2.24, 2.45) is 0 Å². The van der Waals surface area contributed by atoms with Gasteiger partial charge in [-0.3, -0.25) is 4.21 Å². The lowest BCUT2D eigenvalue weighted by atomic mass is 10.3. The summed E-state index contributed by atoms with van der Waals surface area (Å²) in [6.07, 6.45) is 3.02. The normalized spacial score (nSPS) is 13.0. The number of nitrogens with two attached hydrogens (primary N) is 1. The highest BCUT2D eigenvalue weighted by atomic mass is 32.2. The molecule has 2 N–H and O–H groups in total. The quantitative estimate of drug-likeness (QED) is 0.678. The Balaban J connectivity index is 2.15. The minimum Gasteiger partial charge on any atom is -0.399 e. The maximum atomic E-state index is 12.0. The predicted octanol–water partition coefficient (Wildman–Crippen LogP) is 2.74. The molecule has 17 heavy (non-hydrogen) atoms. The Kier molecular flexibility index (Phi) is 4.42. The minimum atomic E-state index is -0.971. The van der Waals surface area contributed by atoms with Crippen LogP contribution in [0.5, 0.6) is 0 Å². The van der Waals surface area contributed by atoms with E-state index in [2.05, 4.69) is 11.2 Å². The largest absolute Gasteiger partial charge is 0.399 e. The summed E-state index contributed by atoms with van der Waals surface area (Å²) in [5.74, 6) is 1.74. The number of rotatable bonds is 5. The van der Waals surface area contributed by atoms with Crippen LogP contribution in [0.3, 0.4) is 0 Å². The van der Waals surface area contributed by atoms with E-state index < -0.39 is 10.8 Å². The summed E-state index contributed by atoms with van der Waals surface area (Å²) in [5.41, 5.74) is 7.32. The third-order valence-corrected chi connectivity index (χ3v) is 5.72. The number of aromatic nitrogens is 1. The van der Waals surface area contributed by atoms with Crippen molar-refractivity contribution >= 4 is 49.8 Å². The van der Waals surface area contributed by atoms with Gasteiger partial charge in [0, 0.05) is 11.4 Å². The molecule has 0 radical (unpaired) electrons. The zero-order valence-corrected chi connectivity index (χ0v) is 12.0. The first-order valence-corrected chi connectivity index (χ1v) is 8.77. The fourth-order valence-corrected chi connectivity index (χ4v) is 4.47. The van der Waals surface area contributed by atoms with Crippen LogP contribution in [0.25, 0.3) is 10.2 Å². The summed E-state index contributed by atoms with van der Waals surface area (Å²) in [6.45, 7) is 0. The van der Waals surface area contributed by atoms with Gasteiger partial charge in [-0.2, -0.15) is 11.8 Å². The second-order valence-electron chi connectivity index (χ2n) is 3.60. The van der Waals surface area contributed by atoms with E-state index in [-0.39, 0.29) is 0 Å². The highest BCUT2D eigenvalue weighted by Gasteiger charge is 2.10. The van der Waals surface area contributed by atoms with Crippen molar-refractivity contribution in [3.05, 3.63) is 18.2 Å². The van der Waals surface area contributed by atoms with E-state index in [4.69, 9.17) is 5.73 Å². The van der Waals surface area contributed by atoms with E-state index in [9.17, 15) is 4.21 Å². The van der Waals surface area contributed by atoms with Crippen LogP contribution in [-0.2, 0) is 10.8 Å². The number of fused-ring (bicyclic) bond motifs is 1. The number of anilines is 1. The van der Waals surface area contributed by atoms with Gasteiger partial charge in [-0.25, -0.2) is 4.98 Å². The molecule has 6 heteroatoms. The summed E-state index contributed by atoms with van der Waals surface area (Å²) in [7, 11) is -0.971.